The van der Waals surface area contributed by atoms with E-state index >= 15 is 0 Å². The molecule has 8 rings (SSSR count). The Morgan fingerprint density at radius 3 is 2.48 bits per heavy atom. The zero-order valence-corrected chi connectivity index (χ0v) is 31.6. The second kappa shape index (κ2) is 14.7. The maximum Gasteiger partial charge on any atom is 0.287 e. The molecule has 0 radical (unpaired) electrons. The summed E-state index contributed by atoms with van der Waals surface area (Å²) in [7, 11) is -3.90. The Kier molecular flexibility index (Phi) is 9.92. The number of allylic oxidation sites excluding steroid dienone is 2. The fraction of sp³-hybridized carbons (Fsp3) is 0.439. The zero-order chi connectivity index (χ0) is 39.4. The van der Waals surface area contributed by atoms with Crippen LogP contribution in [0, 0.1) is 29.9 Å². The molecule has 3 amide bonds. The number of ether oxygens (including phenoxy) is 1. The standard InChI is InChI=1S/C41H42F2N4O8S/c1-23-9-16-36(54-23)37(49)44-32-8-6-4-2-3-5-7-24-20-41(24,40(51)46-56(52,53)28-12-13-28)21-35(48)34-19-27(22-47(34)39(32)50)55-38-30-15-11-25(42)17-31(30)29-14-10-26(43)18-33(29)45-38/h5,7,9-11,14-18,24,27-28,32,34H,2-4,6,8,12-13,19-22H2,1H3,(H,44,49)(H,46,51)/b7-5-/t24-,27-,32+,34+,41-/m1/s1. The lowest BCUT2D eigenvalue weighted by Crippen LogP contribution is -2.52. The van der Waals surface area contributed by atoms with E-state index in [0.717, 1.165) is 12.8 Å². The van der Waals surface area contributed by atoms with Crippen LogP contribution in [0.15, 0.2) is 65.1 Å². The highest BCUT2D eigenvalue weighted by Crippen LogP contribution is 2.57. The van der Waals surface area contributed by atoms with Crippen LogP contribution in [0.3, 0.4) is 0 Å². The van der Waals surface area contributed by atoms with Gasteiger partial charge in [0.2, 0.25) is 27.7 Å². The number of rotatable bonds is 7. The Hall–Kier alpha value is -5.18. The average Bonchev–Trinajstić information content (AvgIpc) is 4.04. The molecule has 0 spiro atoms. The first-order chi connectivity index (χ1) is 26.8. The van der Waals surface area contributed by atoms with Gasteiger partial charge in [0.25, 0.3) is 5.91 Å². The summed E-state index contributed by atoms with van der Waals surface area (Å²) in [5.41, 5.74) is -1.10. The summed E-state index contributed by atoms with van der Waals surface area (Å²) in [4.78, 5) is 62.2. The van der Waals surface area contributed by atoms with Gasteiger partial charge in [-0.15, -0.1) is 0 Å². The predicted octanol–water partition coefficient (Wildman–Crippen LogP) is 5.81. The van der Waals surface area contributed by atoms with Gasteiger partial charge >= 0.3 is 0 Å². The van der Waals surface area contributed by atoms with E-state index < -0.39 is 74.0 Å². The number of halogens is 2. The molecule has 4 heterocycles. The zero-order valence-electron chi connectivity index (χ0n) is 30.8. The lowest BCUT2D eigenvalue weighted by Gasteiger charge is -2.29. The summed E-state index contributed by atoms with van der Waals surface area (Å²) in [6.45, 7) is 1.59. The minimum absolute atomic E-state index is 0.0211. The van der Waals surface area contributed by atoms with Crippen molar-refractivity contribution in [3.63, 3.8) is 0 Å². The van der Waals surface area contributed by atoms with E-state index in [1.165, 1.54) is 47.4 Å². The highest BCUT2D eigenvalue weighted by Gasteiger charge is 2.61. The number of carbonyl (C=O) groups excluding carboxylic acids is 4. The van der Waals surface area contributed by atoms with Crippen molar-refractivity contribution in [2.45, 2.75) is 94.6 Å². The highest BCUT2D eigenvalue weighted by atomic mass is 32.2. The number of Topliss-reactive ketones (excluding diaryl/α,β-unsaturated/α-hetero) is 1. The number of nitrogens with zero attached hydrogens (tertiary/aromatic N) is 2. The summed E-state index contributed by atoms with van der Waals surface area (Å²) in [5.74, 6) is -3.15. The number of hydrogen-bond donors (Lipinski definition) is 2. The van der Waals surface area contributed by atoms with Crippen LogP contribution >= 0.6 is 0 Å². The van der Waals surface area contributed by atoms with Crippen LogP contribution in [0.2, 0.25) is 0 Å². The summed E-state index contributed by atoms with van der Waals surface area (Å²) in [5, 5.41) is 3.55. The van der Waals surface area contributed by atoms with Crippen LogP contribution < -0.4 is 14.8 Å². The second-order valence-corrected chi connectivity index (χ2v) is 17.5. The van der Waals surface area contributed by atoms with Gasteiger partial charge in [-0.2, -0.15) is 0 Å². The van der Waals surface area contributed by atoms with E-state index in [-0.39, 0.29) is 55.3 Å². The number of pyridine rings is 1. The normalized spacial score (nSPS) is 26.5. The number of carbonyl (C=O) groups is 4. The Bertz CT molecular complexity index is 2390. The molecule has 2 aliphatic heterocycles. The Balaban J connectivity index is 1.14. The molecule has 56 heavy (non-hydrogen) atoms. The first kappa shape index (κ1) is 37.7. The number of nitrogens with one attached hydrogen (secondary N) is 2. The molecule has 2 aromatic carbocycles. The largest absolute Gasteiger partial charge is 0.472 e. The van der Waals surface area contributed by atoms with Gasteiger partial charge in [0.1, 0.15) is 29.5 Å². The molecule has 3 fully saturated rings. The minimum atomic E-state index is -3.90. The first-order valence-electron chi connectivity index (χ1n) is 19.1. The van der Waals surface area contributed by atoms with Gasteiger partial charge < -0.3 is 19.4 Å². The van der Waals surface area contributed by atoms with Crippen molar-refractivity contribution in [2.24, 2.45) is 11.3 Å². The molecule has 2 aromatic heterocycles. The van der Waals surface area contributed by atoms with Crippen molar-refractivity contribution >= 4 is 55.2 Å². The molecule has 15 heteroatoms. The van der Waals surface area contributed by atoms with Crippen molar-refractivity contribution in [3.05, 3.63) is 83.8 Å². The Morgan fingerprint density at radius 1 is 0.964 bits per heavy atom. The van der Waals surface area contributed by atoms with Crippen molar-refractivity contribution in [3.8, 4) is 5.88 Å². The molecule has 0 bridgehead atoms. The number of amides is 3. The fourth-order valence-electron chi connectivity index (χ4n) is 8.14. The smallest absolute Gasteiger partial charge is 0.287 e. The Morgan fingerprint density at radius 2 is 1.73 bits per heavy atom. The molecule has 12 nitrogen and oxygen atoms in total. The number of hydrogen-bond acceptors (Lipinski definition) is 9. The maximum absolute atomic E-state index is 14.6. The average molecular weight is 789 g/mol. The minimum Gasteiger partial charge on any atom is -0.472 e. The number of aromatic nitrogens is 1. The van der Waals surface area contributed by atoms with Crippen molar-refractivity contribution in [2.75, 3.05) is 6.54 Å². The molecule has 294 valence electrons. The molecule has 5 atom stereocenters. The third-order valence-corrected chi connectivity index (χ3v) is 13.3. The van der Waals surface area contributed by atoms with Gasteiger partial charge in [0.15, 0.2) is 11.5 Å². The summed E-state index contributed by atoms with van der Waals surface area (Å²) >= 11 is 0. The van der Waals surface area contributed by atoms with Crippen LogP contribution in [0.5, 0.6) is 5.88 Å². The molecule has 4 aliphatic rings. The summed E-state index contributed by atoms with van der Waals surface area (Å²) < 4.78 is 68.9. The fourth-order valence-corrected chi connectivity index (χ4v) is 9.53. The van der Waals surface area contributed by atoms with Gasteiger partial charge in [-0.3, -0.25) is 23.9 Å². The number of furan rings is 1. The van der Waals surface area contributed by atoms with E-state index in [1.54, 1.807) is 13.0 Å². The SMILES string of the molecule is Cc1ccc(C(=O)N[C@H]2CCCCC/C=C\[C@@H]3C[C@@]3(C(=O)NS(=O)(=O)C3CC3)CC(=O)[C@@H]3C[C@@H](Oc4nc5cc(F)ccc5c5cc(F)ccc45)CN3C2=O)o1. The van der Waals surface area contributed by atoms with E-state index in [4.69, 9.17) is 9.15 Å². The maximum atomic E-state index is 14.6. The van der Waals surface area contributed by atoms with Gasteiger partial charge in [0, 0.05) is 29.7 Å². The van der Waals surface area contributed by atoms with E-state index in [1.807, 2.05) is 12.2 Å². The number of ketones is 1. The van der Waals surface area contributed by atoms with Gasteiger partial charge in [-0.1, -0.05) is 25.0 Å². The van der Waals surface area contributed by atoms with Gasteiger partial charge in [-0.25, -0.2) is 22.2 Å². The van der Waals surface area contributed by atoms with Crippen LogP contribution in [-0.2, 0) is 24.4 Å². The van der Waals surface area contributed by atoms with E-state index in [2.05, 4.69) is 15.0 Å². The lowest BCUT2D eigenvalue weighted by atomic mass is 9.91. The van der Waals surface area contributed by atoms with E-state index in [9.17, 15) is 36.4 Å². The predicted molar refractivity (Wildman–Crippen MR) is 201 cm³/mol. The van der Waals surface area contributed by atoms with Crippen LogP contribution in [0.4, 0.5) is 8.78 Å². The molecule has 0 unspecified atom stereocenters. The molecule has 2 N–H and O–H groups in total. The monoisotopic (exact) mass is 788 g/mol. The molecular formula is C41H42F2N4O8S. The van der Waals surface area contributed by atoms with Crippen LogP contribution in [0.1, 0.15) is 80.5 Å². The third kappa shape index (κ3) is 7.52. The quantitative estimate of drug-likeness (QED) is 0.174. The summed E-state index contributed by atoms with van der Waals surface area (Å²) in [6, 6.07) is 9.03. The molecule has 2 saturated carbocycles. The first-order valence-corrected chi connectivity index (χ1v) is 20.6. The van der Waals surface area contributed by atoms with E-state index in [0.29, 0.717) is 47.6 Å². The number of sulfonamides is 1. The lowest BCUT2D eigenvalue weighted by molar-refractivity contribution is -0.140. The number of aryl methyl sites for hydroxylation is 1. The van der Waals surface area contributed by atoms with Crippen LogP contribution in [-0.4, -0.2) is 71.8 Å². The topological polar surface area (TPSA) is 165 Å². The summed E-state index contributed by atoms with van der Waals surface area (Å²) in [6.07, 6.45) is 6.89. The van der Waals surface area contributed by atoms with Gasteiger partial charge in [-0.05, 0) is 99.2 Å². The van der Waals surface area contributed by atoms with Crippen LogP contribution in [0.25, 0.3) is 21.7 Å². The number of fused-ring (bicyclic) bond motifs is 5. The molecular weight excluding hydrogens is 747 g/mol. The highest BCUT2D eigenvalue weighted by molar-refractivity contribution is 7.90. The number of benzene rings is 2. The molecule has 1 saturated heterocycles. The molecule has 2 aliphatic carbocycles. The Labute approximate surface area is 322 Å². The third-order valence-electron chi connectivity index (χ3n) is 11.5. The van der Waals surface area contributed by atoms with Gasteiger partial charge in [0.05, 0.1) is 28.8 Å². The van der Waals surface area contributed by atoms with Crippen molar-refractivity contribution < 1.29 is 45.5 Å². The van der Waals surface area contributed by atoms with Crippen molar-refractivity contribution in [1.29, 1.82) is 0 Å². The molecule has 4 aromatic rings. The second-order valence-electron chi connectivity index (χ2n) is 15.5. The van der Waals surface area contributed by atoms with Crippen molar-refractivity contribution in [1.82, 2.24) is 19.9 Å².